The van der Waals surface area contributed by atoms with Gasteiger partial charge in [0.05, 0.1) is 6.10 Å². The number of alkyl carbamates (subject to hydrolysis) is 1. The standard InChI is InChI=1S/C22H36N4O5/c1-21(2,3)30-19(28)23-10-11-26-13-15(17(27)14-26)12-16-8-7-9-18(24-16)25-20(29)31-22(4,5)6/h7-9,15,17,27H,10-14H2,1-6H3,(H,23,28)(H,24,25,29)/t15-,17-/m0/s1. The van der Waals surface area contributed by atoms with Crippen LogP contribution in [0.25, 0.3) is 0 Å². The van der Waals surface area contributed by atoms with Crippen LogP contribution in [0.1, 0.15) is 47.2 Å². The molecule has 3 N–H and O–H groups in total. The molecule has 0 bridgehead atoms. The Kier molecular flexibility index (Phi) is 8.25. The predicted molar refractivity (Wildman–Crippen MR) is 118 cm³/mol. The van der Waals surface area contributed by atoms with Gasteiger partial charge in [0, 0.05) is 37.8 Å². The maximum atomic E-state index is 11.9. The van der Waals surface area contributed by atoms with Crippen molar-refractivity contribution in [3.63, 3.8) is 0 Å². The summed E-state index contributed by atoms with van der Waals surface area (Å²) < 4.78 is 10.5. The van der Waals surface area contributed by atoms with E-state index in [1.807, 2.05) is 32.9 Å². The van der Waals surface area contributed by atoms with Gasteiger partial charge in [0.1, 0.15) is 17.0 Å². The van der Waals surface area contributed by atoms with E-state index in [2.05, 4.69) is 20.5 Å². The molecule has 0 spiro atoms. The molecule has 0 aliphatic carbocycles. The molecule has 2 amide bonds. The van der Waals surface area contributed by atoms with E-state index in [9.17, 15) is 14.7 Å². The van der Waals surface area contributed by atoms with Gasteiger partial charge in [0.25, 0.3) is 0 Å². The summed E-state index contributed by atoms with van der Waals surface area (Å²) in [4.78, 5) is 30.3. The Morgan fingerprint density at radius 2 is 1.74 bits per heavy atom. The van der Waals surface area contributed by atoms with Crippen LogP contribution in [0.4, 0.5) is 15.4 Å². The molecule has 2 atom stereocenters. The number of hydrogen-bond donors (Lipinski definition) is 3. The minimum Gasteiger partial charge on any atom is -0.444 e. The number of aromatic nitrogens is 1. The Bertz CT molecular complexity index is 757. The quantitative estimate of drug-likeness (QED) is 0.628. The number of carbonyl (C=O) groups excluding carboxylic acids is 2. The van der Waals surface area contributed by atoms with Gasteiger partial charge in [0.15, 0.2) is 0 Å². The second kappa shape index (κ2) is 10.3. The van der Waals surface area contributed by atoms with Crippen molar-refractivity contribution < 1.29 is 24.2 Å². The van der Waals surface area contributed by atoms with Crippen LogP contribution in [-0.2, 0) is 15.9 Å². The van der Waals surface area contributed by atoms with Crippen LogP contribution in [0.5, 0.6) is 0 Å². The second-order valence-corrected chi connectivity index (χ2v) is 9.86. The van der Waals surface area contributed by atoms with Crippen LogP contribution in [0.3, 0.4) is 0 Å². The summed E-state index contributed by atoms with van der Waals surface area (Å²) in [7, 11) is 0. The van der Waals surface area contributed by atoms with E-state index >= 15 is 0 Å². The Balaban J connectivity index is 1.82. The highest BCUT2D eigenvalue weighted by atomic mass is 16.6. The second-order valence-electron chi connectivity index (χ2n) is 9.86. The highest BCUT2D eigenvalue weighted by Gasteiger charge is 2.31. The normalized spacial score (nSPS) is 19.7. The summed E-state index contributed by atoms with van der Waals surface area (Å²) in [6.07, 6.45) is -0.893. The highest BCUT2D eigenvalue weighted by Crippen LogP contribution is 2.21. The van der Waals surface area contributed by atoms with Gasteiger partial charge in [-0.2, -0.15) is 0 Å². The molecule has 31 heavy (non-hydrogen) atoms. The number of likely N-dealkylation sites (tertiary alicyclic amines) is 1. The van der Waals surface area contributed by atoms with Gasteiger partial charge in [-0.1, -0.05) is 6.07 Å². The molecule has 1 saturated heterocycles. The zero-order valence-corrected chi connectivity index (χ0v) is 19.4. The number of rotatable bonds is 6. The number of anilines is 1. The summed E-state index contributed by atoms with van der Waals surface area (Å²) in [5.41, 5.74) is -0.331. The van der Waals surface area contributed by atoms with Crippen molar-refractivity contribution in [2.24, 2.45) is 5.92 Å². The van der Waals surface area contributed by atoms with Crippen LogP contribution < -0.4 is 10.6 Å². The van der Waals surface area contributed by atoms with Crippen molar-refractivity contribution in [2.45, 2.75) is 65.3 Å². The molecule has 2 rings (SSSR count). The number of nitrogens with zero attached hydrogens (tertiary/aromatic N) is 2. The summed E-state index contributed by atoms with van der Waals surface area (Å²) in [5.74, 6) is 0.434. The summed E-state index contributed by atoms with van der Waals surface area (Å²) in [6, 6.07) is 5.39. The summed E-state index contributed by atoms with van der Waals surface area (Å²) >= 11 is 0. The molecule has 2 heterocycles. The number of pyridine rings is 1. The largest absolute Gasteiger partial charge is 0.444 e. The Morgan fingerprint density at radius 3 is 2.39 bits per heavy atom. The first kappa shape index (κ1) is 24.9. The minimum absolute atomic E-state index is 0.0193. The predicted octanol–water partition coefficient (Wildman–Crippen LogP) is 2.79. The topological polar surface area (TPSA) is 113 Å². The van der Waals surface area contributed by atoms with Gasteiger partial charge >= 0.3 is 12.2 Å². The molecule has 1 aromatic heterocycles. The summed E-state index contributed by atoms with van der Waals surface area (Å²) in [6.45, 7) is 13.2. The molecular weight excluding hydrogens is 400 g/mol. The molecular formula is C22H36N4O5. The van der Waals surface area contributed by atoms with Crippen LogP contribution in [0.15, 0.2) is 18.2 Å². The highest BCUT2D eigenvalue weighted by molar-refractivity contribution is 5.83. The minimum atomic E-state index is -0.586. The molecule has 9 nitrogen and oxygen atoms in total. The fourth-order valence-corrected chi connectivity index (χ4v) is 3.29. The molecule has 174 valence electrons. The van der Waals surface area contributed by atoms with Crippen molar-refractivity contribution in [2.75, 3.05) is 31.5 Å². The van der Waals surface area contributed by atoms with Crippen molar-refractivity contribution in [1.29, 1.82) is 0 Å². The molecule has 0 aromatic carbocycles. The van der Waals surface area contributed by atoms with Crippen molar-refractivity contribution in [1.82, 2.24) is 15.2 Å². The van der Waals surface area contributed by atoms with Crippen LogP contribution >= 0.6 is 0 Å². The summed E-state index contributed by atoms with van der Waals surface area (Å²) in [5, 5.41) is 15.8. The number of aliphatic hydroxyl groups excluding tert-OH is 1. The van der Waals surface area contributed by atoms with Crippen LogP contribution in [0, 0.1) is 5.92 Å². The third-order valence-electron chi connectivity index (χ3n) is 4.49. The zero-order valence-electron chi connectivity index (χ0n) is 19.4. The van der Waals surface area contributed by atoms with E-state index in [1.165, 1.54) is 0 Å². The van der Waals surface area contributed by atoms with Crippen LogP contribution in [0.2, 0.25) is 0 Å². The number of hydrogen-bond acceptors (Lipinski definition) is 7. The first-order valence-electron chi connectivity index (χ1n) is 10.6. The zero-order chi connectivity index (χ0) is 23.2. The third kappa shape index (κ3) is 9.52. The van der Waals surface area contributed by atoms with Crippen molar-refractivity contribution in [3.8, 4) is 0 Å². The number of aliphatic hydroxyl groups is 1. The molecule has 1 aromatic rings. The van der Waals surface area contributed by atoms with E-state index in [1.54, 1.807) is 26.8 Å². The van der Waals surface area contributed by atoms with Gasteiger partial charge < -0.3 is 19.9 Å². The number of nitrogens with one attached hydrogen (secondary N) is 2. The molecule has 0 unspecified atom stereocenters. The number of carbonyl (C=O) groups is 2. The lowest BCUT2D eigenvalue weighted by Crippen LogP contribution is -2.37. The smallest absolute Gasteiger partial charge is 0.413 e. The van der Waals surface area contributed by atoms with Crippen LogP contribution in [-0.4, -0.2) is 70.7 Å². The fraction of sp³-hybridized carbons (Fsp3) is 0.682. The van der Waals surface area contributed by atoms with Crippen molar-refractivity contribution >= 4 is 18.0 Å². The third-order valence-corrected chi connectivity index (χ3v) is 4.49. The van der Waals surface area contributed by atoms with Gasteiger partial charge in [-0.15, -0.1) is 0 Å². The van der Waals surface area contributed by atoms with E-state index in [-0.39, 0.29) is 5.92 Å². The van der Waals surface area contributed by atoms with E-state index in [4.69, 9.17) is 9.47 Å². The average Bonchev–Trinajstić information content (AvgIpc) is 2.91. The van der Waals surface area contributed by atoms with E-state index in [0.717, 1.165) is 5.69 Å². The Hall–Kier alpha value is -2.39. The molecule has 1 fully saturated rings. The Labute approximate surface area is 184 Å². The van der Waals surface area contributed by atoms with Gasteiger partial charge in [0.2, 0.25) is 0 Å². The number of amides is 2. The molecule has 9 heteroatoms. The lowest BCUT2D eigenvalue weighted by molar-refractivity contribution is 0.0522. The van der Waals surface area contributed by atoms with Crippen molar-refractivity contribution in [3.05, 3.63) is 23.9 Å². The molecule has 1 aliphatic rings. The number of β-amino-alcohol motifs (C(OH)–C–C–N with tert-alkyl or cyclic N) is 1. The fourth-order valence-electron chi connectivity index (χ4n) is 3.29. The van der Waals surface area contributed by atoms with E-state index < -0.39 is 29.5 Å². The maximum Gasteiger partial charge on any atom is 0.413 e. The first-order valence-corrected chi connectivity index (χ1v) is 10.6. The molecule has 1 aliphatic heterocycles. The SMILES string of the molecule is CC(C)(C)OC(=O)NCCN1C[C@H](Cc2cccc(NC(=O)OC(C)(C)C)n2)[C@@H](O)C1. The Morgan fingerprint density at radius 1 is 1.10 bits per heavy atom. The molecule has 0 radical (unpaired) electrons. The van der Waals surface area contributed by atoms with Gasteiger partial charge in [-0.25, -0.2) is 14.6 Å². The van der Waals surface area contributed by atoms with Gasteiger partial charge in [-0.05, 0) is 60.1 Å². The average molecular weight is 437 g/mol. The van der Waals surface area contributed by atoms with E-state index in [0.29, 0.717) is 38.4 Å². The van der Waals surface area contributed by atoms with Gasteiger partial charge in [-0.3, -0.25) is 10.2 Å². The first-order chi connectivity index (χ1) is 14.3. The lowest BCUT2D eigenvalue weighted by Gasteiger charge is -2.21. The lowest BCUT2D eigenvalue weighted by atomic mass is 10.00. The monoisotopic (exact) mass is 436 g/mol. The number of ether oxygens (including phenoxy) is 2. The maximum absolute atomic E-state index is 11.9. The molecule has 0 saturated carbocycles.